The molecule has 0 unspecified atom stereocenters. The van der Waals surface area contributed by atoms with E-state index in [0.717, 1.165) is 0 Å². The number of nitrogens with zero attached hydrogens (tertiary/aromatic N) is 2. The van der Waals surface area contributed by atoms with Crippen LogP contribution in [0.25, 0.3) is 0 Å². The number of cyclic esters (lactones) is 1. The van der Waals surface area contributed by atoms with Gasteiger partial charge in [0, 0.05) is 50.3 Å². The summed E-state index contributed by atoms with van der Waals surface area (Å²) in [4.78, 5) is 21.6. The fourth-order valence-corrected chi connectivity index (χ4v) is 8.75. The van der Waals surface area contributed by atoms with Crippen LogP contribution in [-0.4, -0.2) is 164 Å². The highest BCUT2D eigenvalue weighted by atomic mass is 16.7. The lowest BCUT2D eigenvalue weighted by molar-refractivity contribution is -0.317. The first-order valence-electron chi connectivity index (χ1n) is 23.6. The molecule has 16 heteroatoms. The third kappa shape index (κ3) is 12.5. The highest BCUT2D eigenvalue weighted by Gasteiger charge is 2.52. The summed E-state index contributed by atoms with van der Waals surface area (Å²) in [6.07, 6.45) is -9.39. The first-order valence-corrected chi connectivity index (χ1v) is 20.1. The number of ether oxygens (including phenoxy) is 8. The van der Waals surface area contributed by atoms with Gasteiger partial charge in [-0.25, -0.2) is 0 Å². The van der Waals surface area contributed by atoms with Crippen LogP contribution in [0.3, 0.4) is 0 Å². The van der Waals surface area contributed by atoms with Crippen LogP contribution in [0.2, 0.25) is 0 Å². The van der Waals surface area contributed by atoms with Gasteiger partial charge in [-0.1, -0.05) is 39.8 Å². The summed E-state index contributed by atoms with van der Waals surface area (Å²) in [6, 6.07) is -0.391. The van der Waals surface area contributed by atoms with E-state index in [9.17, 15) is 25.2 Å². The third-order valence-electron chi connectivity index (χ3n) is 12.3. The Labute approximate surface area is 350 Å². The van der Waals surface area contributed by atoms with E-state index in [1.165, 1.54) is 14.0 Å². The van der Waals surface area contributed by atoms with Gasteiger partial charge < -0.3 is 68.1 Å². The Morgan fingerprint density at radius 2 is 1.65 bits per heavy atom. The van der Waals surface area contributed by atoms with Crippen molar-refractivity contribution in [3.63, 3.8) is 0 Å². The molecular weight excluding hydrogens is 744 g/mol. The van der Waals surface area contributed by atoms with Crippen LogP contribution in [0.4, 0.5) is 0 Å². The number of aliphatic hydroxyl groups excluding tert-OH is 3. The van der Waals surface area contributed by atoms with E-state index >= 15 is 0 Å². The lowest BCUT2D eigenvalue weighted by Gasteiger charge is -2.49. The molecule has 0 aromatic rings. The average Bonchev–Trinajstić information content (AvgIpc) is 3.17. The number of likely N-dealkylation sites (N-methyl/N-ethyl adjacent to an activating group) is 1. The van der Waals surface area contributed by atoms with Gasteiger partial charge in [0.25, 0.3) is 0 Å². The van der Waals surface area contributed by atoms with Crippen molar-refractivity contribution in [1.29, 1.82) is 0 Å². The predicted molar refractivity (Wildman–Crippen MR) is 211 cm³/mol. The Balaban J connectivity index is 2.19. The lowest BCUT2D eigenvalue weighted by atomic mass is 9.74. The van der Waals surface area contributed by atoms with Crippen molar-refractivity contribution in [2.45, 2.75) is 174 Å². The van der Waals surface area contributed by atoms with E-state index < -0.39 is 135 Å². The molecule has 18 atom stereocenters. The highest BCUT2D eigenvalue weighted by Crippen LogP contribution is 2.40. The van der Waals surface area contributed by atoms with Crippen LogP contribution in [-0.2, 0) is 47.5 Å². The zero-order valence-corrected chi connectivity index (χ0v) is 36.0. The van der Waals surface area contributed by atoms with Crippen LogP contribution in [0.15, 0.2) is 5.16 Å². The molecule has 0 amide bonds. The number of hydrogen-bond acceptors (Lipinski definition) is 16. The summed E-state index contributed by atoms with van der Waals surface area (Å²) >= 11 is 0. The smallest absolute Gasteiger partial charge is 0.311 e. The van der Waals surface area contributed by atoms with Crippen molar-refractivity contribution < 1.29 is 77.5 Å². The van der Waals surface area contributed by atoms with Gasteiger partial charge >= 0.3 is 5.97 Å². The quantitative estimate of drug-likeness (QED) is 0.0915. The summed E-state index contributed by atoms with van der Waals surface area (Å²) < 4.78 is 100. The summed E-state index contributed by atoms with van der Waals surface area (Å²) in [7, 11) is 1.82. The number of aliphatic hydroxyl groups is 4. The van der Waals surface area contributed by atoms with Crippen LogP contribution < -0.4 is 0 Å². The van der Waals surface area contributed by atoms with E-state index in [0.29, 0.717) is 12.8 Å². The molecule has 0 aliphatic carbocycles. The molecule has 0 radical (unpaired) electrons. The van der Waals surface area contributed by atoms with E-state index in [1.54, 1.807) is 55.4 Å². The molecule has 3 aliphatic heterocycles. The normalized spacial score (nSPS) is 47.6. The fourth-order valence-electron chi connectivity index (χ4n) is 8.75. The van der Waals surface area contributed by atoms with Crippen molar-refractivity contribution in [3.8, 4) is 0 Å². The number of oxime groups is 1. The second-order valence-electron chi connectivity index (χ2n) is 17.0. The molecule has 3 heterocycles. The summed E-state index contributed by atoms with van der Waals surface area (Å²) in [6.45, 7) is 9.16. The van der Waals surface area contributed by atoms with E-state index in [4.69, 9.17) is 47.6 Å². The molecule has 0 aromatic carbocycles. The molecule has 4 N–H and O–H groups in total. The molecule has 0 saturated carbocycles. The zero-order chi connectivity index (χ0) is 49.1. The molecule has 334 valence electrons. The minimum Gasteiger partial charge on any atom is -0.462 e. The topological polar surface area (TPSA) is 197 Å². The molecular formula is C41H76N2O14. The standard InChI is InChI=1S/C41H76N2O14/c1-15-30-24(4)33(44)25(5)32(42-52-21-51-17-16-49-13)22(2)19-40(9,48)37(57-39-34(45)29(43(11)12)18-23(3)53-39)26(6)35(27(7)38(47)55-30)56-31-20-41(10,50-14)36(46)28(8)54-31/h22-31,33-37,39,44-46,48H,15-21H2,1-14H3/b42-32-/t22-,23-,24+,25+,26+,27-,28+,29+,30-,31+,33+,34-,35+,36+,37-,39+,40-,41-/m1/s1/i13D3,16D2,17D2. The van der Waals surface area contributed by atoms with Crippen molar-refractivity contribution in [2.24, 2.45) is 34.7 Å². The molecule has 0 spiro atoms. The Kier molecular flexibility index (Phi) is 15.2. The number of hydrogen-bond donors (Lipinski definition) is 4. The fraction of sp³-hybridized carbons (Fsp3) is 0.951. The number of esters is 1. The van der Waals surface area contributed by atoms with Crippen LogP contribution >= 0.6 is 0 Å². The monoisotopic (exact) mass is 828 g/mol. The molecule has 3 aliphatic rings. The Hall–Kier alpha value is -1.54. The first kappa shape index (κ1) is 39.6. The Morgan fingerprint density at radius 1 is 0.965 bits per heavy atom. The second kappa shape index (κ2) is 21.8. The summed E-state index contributed by atoms with van der Waals surface area (Å²) in [5.41, 5.74) is -2.83. The highest BCUT2D eigenvalue weighted by molar-refractivity contribution is 5.88. The van der Waals surface area contributed by atoms with Gasteiger partial charge in [0.2, 0.25) is 6.79 Å². The van der Waals surface area contributed by atoms with Gasteiger partial charge in [-0.2, -0.15) is 0 Å². The summed E-state index contributed by atoms with van der Waals surface area (Å²) in [5, 5.41) is 51.6. The minimum absolute atomic E-state index is 0.0618. The van der Waals surface area contributed by atoms with Crippen LogP contribution in [0, 0.1) is 29.6 Å². The molecule has 3 saturated heterocycles. The third-order valence-corrected chi connectivity index (χ3v) is 12.3. The molecule has 3 fully saturated rings. The number of carbonyl (C=O) groups excluding carboxylic acids is 1. The maximum absolute atomic E-state index is 14.4. The molecule has 0 aromatic heterocycles. The van der Waals surface area contributed by atoms with Gasteiger partial charge in [0.05, 0.1) is 76.1 Å². The van der Waals surface area contributed by atoms with Crippen LogP contribution in [0.5, 0.6) is 0 Å². The first-order chi connectivity index (χ1) is 29.2. The lowest BCUT2D eigenvalue weighted by Crippen LogP contribution is -2.60. The van der Waals surface area contributed by atoms with Crippen molar-refractivity contribution in [1.82, 2.24) is 4.90 Å². The summed E-state index contributed by atoms with van der Waals surface area (Å²) in [5.74, 6) is -4.97. The average molecular weight is 828 g/mol. The van der Waals surface area contributed by atoms with Gasteiger partial charge in [-0.3, -0.25) is 4.79 Å². The maximum Gasteiger partial charge on any atom is 0.311 e. The largest absolute Gasteiger partial charge is 0.462 e. The molecule has 0 bridgehead atoms. The maximum atomic E-state index is 14.4. The van der Waals surface area contributed by atoms with Gasteiger partial charge in [0.1, 0.15) is 18.3 Å². The number of rotatable bonds is 13. The van der Waals surface area contributed by atoms with Gasteiger partial charge in [0.15, 0.2) is 12.6 Å². The second-order valence-corrected chi connectivity index (χ2v) is 17.0. The molecule has 16 nitrogen and oxygen atoms in total. The van der Waals surface area contributed by atoms with Crippen molar-refractivity contribution in [2.75, 3.05) is 48.2 Å². The minimum atomic E-state index is -3.44. The van der Waals surface area contributed by atoms with Gasteiger partial charge in [-0.05, 0) is 68.0 Å². The Morgan fingerprint density at radius 3 is 2.26 bits per heavy atom. The van der Waals surface area contributed by atoms with Gasteiger partial charge in [-0.15, -0.1) is 0 Å². The Bertz CT molecular complexity index is 1530. The van der Waals surface area contributed by atoms with E-state index in [1.807, 2.05) is 25.9 Å². The number of methoxy groups -OCH3 is 2. The SMILES string of the molecule is [2H]C([2H])([2H])OC([2H])([2H])C([2H])([2H])OCO/N=C1/[C@H](C)C[C@@](C)(O)[C@H](O[C@@H]2O[C@H](C)C[C@H](N(C)C)[C@H]2O)[C@@H](C)[C@H](O[C@H]2C[C@@](C)(OC)[C@@H](O)[C@H](C)O2)[C@@H](C)C(=O)O[C@H](CC)[C@H](C)[C@H](O)[C@H]1C. The van der Waals surface area contributed by atoms with E-state index in [-0.39, 0.29) is 24.7 Å². The molecule has 57 heavy (non-hydrogen) atoms. The predicted octanol–water partition coefficient (Wildman–Crippen LogP) is 3.09. The molecule has 3 rings (SSSR count). The van der Waals surface area contributed by atoms with Crippen molar-refractivity contribution >= 4 is 11.7 Å². The van der Waals surface area contributed by atoms with Crippen LogP contribution in [0.1, 0.15) is 105 Å². The number of carbonyl (C=O) groups is 1. The van der Waals surface area contributed by atoms with E-state index in [2.05, 4.69) is 9.89 Å². The van der Waals surface area contributed by atoms with Crippen molar-refractivity contribution in [3.05, 3.63) is 0 Å². The zero-order valence-electron chi connectivity index (χ0n) is 43.0.